The van der Waals surface area contributed by atoms with E-state index in [1.807, 2.05) is 0 Å². The predicted octanol–water partition coefficient (Wildman–Crippen LogP) is 5.67. The molecule has 0 saturated carbocycles. The number of carbonyl (C=O) groups is 2. The van der Waals surface area contributed by atoms with Crippen molar-refractivity contribution in [1.29, 1.82) is 0 Å². The fourth-order valence-electron chi connectivity index (χ4n) is 4.59. The number of aromatic nitrogens is 1. The van der Waals surface area contributed by atoms with Gasteiger partial charge in [-0.2, -0.15) is 0 Å². The van der Waals surface area contributed by atoms with Crippen molar-refractivity contribution in [3.05, 3.63) is 114 Å². The number of carbonyl (C=O) groups excluding carboxylic acids is 2. The third kappa shape index (κ3) is 6.03. The minimum absolute atomic E-state index is 0.207. The van der Waals surface area contributed by atoms with E-state index < -0.39 is 12.0 Å². The van der Waals surface area contributed by atoms with Crippen LogP contribution in [-0.2, 0) is 14.3 Å². The number of furan rings is 1. The Hall–Kier alpha value is -4.21. The first-order chi connectivity index (χ1) is 20.0. The summed E-state index contributed by atoms with van der Waals surface area (Å²) in [6.45, 7) is 8.88. The Kier molecular flexibility index (Phi) is 8.34. The van der Waals surface area contributed by atoms with Gasteiger partial charge in [0.1, 0.15) is 11.5 Å². The molecule has 0 amide bonds. The highest BCUT2D eigenvalue weighted by molar-refractivity contribution is 7.07. The Labute approximate surface area is 251 Å². The first kappa shape index (κ1) is 29.3. The lowest BCUT2D eigenvalue weighted by molar-refractivity contribution is -0.143. The zero-order valence-corrected chi connectivity index (χ0v) is 25.3. The van der Waals surface area contributed by atoms with Crippen molar-refractivity contribution in [2.75, 3.05) is 0 Å². The molecule has 10 heteroatoms. The molecule has 0 fully saturated rings. The molecule has 1 unspecified atom stereocenters. The normalized spacial score (nSPS) is 15.1. The summed E-state index contributed by atoms with van der Waals surface area (Å²) in [7, 11) is 0. The molecule has 4 aromatic rings. The monoisotopic (exact) mass is 604 g/mol. The Morgan fingerprint density at radius 2 is 1.60 bits per heavy atom. The van der Waals surface area contributed by atoms with Crippen LogP contribution in [-0.4, -0.2) is 28.7 Å². The molecule has 1 atom stereocenters. The summed E-state index contributed by atoms with van der Waals surface area (Å²) in [5.74, 6) is 0.127. The average Bonchev–Trinajstić information content (AvgIpc) is 3.52. The van der Waals surface area contributed by atoms with Gasteiger partial charge in [-0.25, -0.2) is 14.6 Å². The molecule has 0 saturated heterocycles. The Balaban J connectivity index is 1.52. The van der Waals surface area contributed by atoms with E-state index in [1.165, 1.54) is 15.9 Å². The van der Waals surface area contributed by atoms with Crippen LogP contribution in [0, 0.1) is 0 Å². The van der Waals surface area contributed by atoms with E-state index in [4.69, 9.17) is 25.5 Å². The Morgan fingerprint density at radius 3 is 2.24 bits per heavy atom. The van der Waals surface area contributed by atoms with Crippen molar-refractivity contribution in [2.45, 2.75) is 52.9 Å². The molecule has 2 aromatic carbocycles. The lowest BCUT2D eigenvalue weighted by Crippen LogP contribution is -2.40. The third-order valence-electron chi connectivity index (χ3n) is 6.42. The Morgan fingerprint density at radius 1 is 0.952 bits per heavy atom. The second-order valence-corrected chi connectivity index (χ2v) is 11.8. The molecule has 0 aliphatic carbocycles. The number of halogens is 1. The highest BCUT2D eigenvalue weighted by atomic mass is 35.5. The highest BCUT2D eigenvalue weighted by Gasteiger charge is 2.33. The fraction of sp³-hybridized carbons (Fsp3) is 0.250. The van der Waals surface area contributed by atoms with E-state index >= 15 is 0 Å². The number of hydrogen-bond donors (Lipinski definition) is 0. The zero-order valence-electron chi connectivity index (χ0n) is 23.7. The quantitative estimate of drug-likeness (QED) is 0.252. The number of nitrogens with zero attached hydrogens (tertiary/aromatic N) is 2. The Bertz CT molecular complexity index is 1860. The smallest absolute Gasteiger partial charge is 0.338 e. The number of fused-ring (bicyclic) bond motifs is 1. The first-order valence-electron chi connectivity index (χ1n) is 13.4. The van der Waals surface area contributed by atoms with E-state index in [2.05, 4.69) is 4.99 Å². The average molecular weight is 605 g/mol. The van der Waals surface area contributed by atoms with Crippen LogP contribution in [0.1, 0.15) is 62.3 Å². The van der Waals surface area contributed by atoms with E-state index in [0.717, 1.165) is 5.56 Å². The van der Waals surface area contributed by atoms with Gasteiger partial charge in [0.05, 0.1) is 39.6 Å². The molecular weight excluding hydrogens is 576 g/mol. The number of hydrogen-bond acceptors (Lipinski definition) is 8. The van der Waals surface area contributed by atoms with Crippen LogP contribution in [0.2, 0.25) is 5.02 Å². The molecule has 5 rings (SSSR count). The van der Waals surface area contributed by atoms with E-state index in [0.29, 0.717) is 48.3 Å². The number of rotatable bonds is 7. The van der Waals surface area contributed by atoms with Gasteiger partial charge >= 0.3 is 11.9 Å². The summed E-state index contributed by atoms with van der Waals surface area (Å²) < 4.78 is 18.7. The lowest BCUT2D eigenvalue weighted by atomic mass is 9.96. The van der Waals surface area contributed by atoms with Gasteiger partial charge in [-0.05, 0) is 76.6 Å². The van der Waals surface area contributed by atoms with Gasteiger partial charge in [0.2, 0.25) is 0 Å². The molecule has 0 spiro atoms. The summed E-state index contributed by atoms with van der Waals surface area (Å²) in [6, 6.07) is 16.8. The zero-order chi connectivity index (χ0) is 30.1. The van der Waals surface area contributed by atoms with Crippen molar-refractivity contribution in [2.24, 2.45) is 4.99 Å². The topological polar surface area (TPSA) is 100 Å². The van der Waals surface area contributed by atoms with Crippen molar-refractivity contribution < 1.29 is 23.5 Å². The molecule has 216 valence electrons. The second kappa shape index (κ2) is 12.0. The van der Waals surface area contributed by atoms with Crippen molar-refractivity contribution >= 4 is 41.0 Å². The van der Waals surface area contributed by atoms with Gasteiger partial charge < -0.3 is 13.9 Å². The molecule has 0 N–H and O–H groups in total. The number of allylic oxidation sites excluding steroid dienone is 1. The summed E-state index contributed by atoms with van der Waals surface area (Å²) in [5.41, 5.74) is 2.39. The molecule has 8 nitrogen and oxygen atoms in total. The van der Waals surface area contributed by atoms with Crippen molar-refractivity contribution in [3.63, 3.8) is 0 Å². The van der Waals surface area contributed by atoms with Crippen LogP contribution in [0.15, 0.2) is 86.1 Å². The van der Waals surface area contributed by atoms with Crippen LogP contribution >= 0.6 is 22.9 Å². The summed E-state index contributed by atoms with van der Waals surface area (Å²) in [5, 5.41) is 0.539. The molecule has 2 aromatic heterocycles. The van der Waals surface area contributed by atoms with Gasteiger partial charge in [-0.1, -0.05) is 47.2 Å². The van der Waals surface area contributed by atoms with Gasteiger partial charge in [-0.15, -0.1) is 0 Å². The molecule has 1 aliphatic rings. The largest absolute Gasteiger partial charge is 0.459 e. The van der Waals surface area contributed by atoms with E-state index in [9.17, 15) is 14.4 Å². The van der Waals surface area contributed by atoms with Crippen LogP contribution in [0.5, 0.6) is 0 Å². The van der Waals surface area contributed by atoms with Gasteiger partial charge in [-0.3, -0.25) is 9.36 Å². The van der Waals surface area contributed by atoms with Crippen molar-refractivity contribution in [1.82, 2.24) is 4.57 Å². The minimum Gasteiger partial charge on any atom is -0.459 e. The maximum Gasteiger partial charge on any atom is 0.338 e. The third-order valence-corrected chi connectivity index (χ3v) is 7.65. The molecule has 1 aliphatic heterocycles. The number of thiazole rings is 1. The number of ether oxygens (including phenoxy) is 2. The SMILES string of the molecule is CC1=C(C(=O)OC(C)C)C(c2ccc(Cl)cc2)n2c(sc(=Cc3ccc(-c4ccc(C(=O)OC(C)C)cc4)o3)c2=O)=N1. The standard InChI is InChI=1S/C32H29ClN2O6S/c1-17(2)39-30(37)22-8-6-20(7-9-22)25-15-14-24(41-25)16-26-29(36)35-28(21-10-12-23(33)13-11-21)27(31(38)40-18(3)4)19(5)34-32(35)42-26/h6-18,28H,1-5H3. The predicted molar refractivity (Wildman–Crippen MR) is 161 cm³/mol. The van der Waals surface area contributed by atoms with Crippen LogP contribution < -0.4 is 14.9 Å². The van der Waals surface area contributed by atoms with Crippen LogP contribution in [0.4, 0.5) is 0 Å². The molecule has 3 heterocycles. The molecule has 0 radical (unpaired) electrons. The molecule has 42 heavy (non-hydrogen) atoms. The van der Waals surface area contributed by atoms with Crippen LogP contribution in [0.25, 0.3) is 17.4 Å². The minimum atomic E-state index is -0.736. The van der Waals surface area contributed by atoms with Gasteiger partial charge in [0.15, 0.2) is 4.80 Å². The summed E-state index contributed by atoms with van der Waals surface area (Å²) in [6.07, 6.45) is 1.11. The van der Waals surface area contributed by atoms with Gasteiger partial charge in [0, 0.05) is 16.7 Å². The summed E-state index contributed by atoms with van der Waals surface area (Å²) in [4.78, 5) is 44.2. The molecule has 0 bridgehead atoms. The fourth-order valence-corrected chi connectivity index (χ4v) is 5.74. The maximum atomic E-state index is 13.8. The number of esters is 2. The van der Waals surface area contributed by atoms with E-state index in [1.54, 1.807) is 101 Å². The number of benzene rings is 2. The first-order valence-corrected chi connectivity index (χ1v) is 14.6. The van der Waals surface area contributed by atoms with Crippen molar-refractivity contribution in [3.8, 4) is 11.3 Å². The highest BCUT2D eigenvalue weighted by Crippen LogP contribution is 2.31. The second-order valence-electron chi connectivity index (χ2n) is 10.3. The van der Waals surface area contributed by atoms with Gasteiger partial charge in [0.25, 0.3) is 5.56 Å². The molecular formula is C32H29ClN2O6S. The lowest BCUT2D eigenvalue weighted by Gasteiger charge is -2.25. The summed E-state index contributed by atoms with van der Waals surface area (Å²) >= 11 is 7.34. The van der Waals surface area contributed by atoms with E-state index in [-0.39, 0.29) is 23.7 Å². The maximum absolute atomic E-state index is 13.8. The van der Waals surface area contributed by atoms with Crippen LogP contribution in [0.3, 0.4) is 0 Å².